The first kappa shape index (κ1) is 13.3. The van der Waals surface area contributed by atoms with Gasteiger partial charge in [-0.25, -0.2) is 4.98 Å². The van der Waals surface area contributed by atoms with Gasteiger partial charge in [-0.15, -0.1) is 0 Å². The second-order valence-corrected chi connectivity index (χ2v) is 5.80. The van der Waals surface area contributed by atoms with Crippen LogP contribution in [0.1, 0.15) is 11.3 Å². The number of benzene rings is 1. The number of hydrogen-bond donors (Lipinski definition) is 1. The summed E-state index contributed by atoms with van der Waals surface area (Å²) in [6.07, 6.45) is 2.85. The van der Waals surface area contributed by atoms with Gasteiger partial charge in [0.2, 0.25) is 0 Å². The van der Waals surface area contributed by atoms with Crippen LogP contribution in [-0.4, -0.2) is 15.9 Å². The van der Waals surface area contributed by atoms with Gasteiger partial charge in [-0.1, -0.05) is 29.8 Å². The molecular weight excluding hydrogens is 314 g/mol. The molecular formula is C16H16BrN3. The number of aryl methyl sites for hydroxylation is 1. The molecule has 0 radical (unpaired) electrons. The van der Waals surface area contributed by atoms with Gasteiger partial charge >= 0.3 is 0 Å². The van der Waals surface area contributed by atoms with E-state index in [0.717, 1.165) is 33.5 Å². The molecule has 3 nitrogen and oxygen atoms in total. The van der Waals surface area contributed by atoms with Crippen molar-refractivity contribution >= 4 is 21.6 Å². The van der Waals surface area contributed by atoms with E-state index in [1.165, 1.54) is 5.56 Å². The average molecular weight is 330 g/mol. The fourth-order valence-corrected chi connectivity index (χ4v) is 2.72. The van der Waals surface area contributed by atoms with Crippen LogP contribution >= 0.6 is 15.9 Å². The van der Waals surface area contributed by atoms with E-state index >= 15 is 0 Å². The Morgan fingerprint density at radius 3 is 2.60 bits per heavy atom. The molecule has 0 amide bonds. The summed E-state index contributed by atoms with van der Waals surface area (Å²) in [5.74, 6) is 0. The third-order valence-electron chi connectivity index (χ3n) is 3.39. The highest BCUT2D eigenvalue weighted by Gasteiger charge is 2.13. The van der Waals surface area contributed by atoms with Crippen molar-refractivity contribution in [3.8, 4) is 11.3 Å². The summed E-state index contributed by atoms with van der Waals surface area (Å²) in [6.45, 7) is 2.70. The molecule has 3 aromatic rings. The van der Waals surface area contributed by atoms with Crippen LogP contribution in [0.5, 0.6) is 0 Å². The Morgan fingerprint density at radius 1 is 1.15 bits per heavy atom. The average Bonchev–Trinajstić information content (AvgIpc) is 2.79. The molecule has 1 aromatic carbocycles. The molecule has 2 heterocycles. The highest BCUT2D eigenvalue weighted by Crippen LogP contribution is 2.26. The highest BCUT2D eigenvalue weighted by molar-refractivity contribution is 9.10. The fourth-order valence-electron chi connectivity index (χ4n) is 2.39. The zero-order valence-electron chi connectivity index (χ0n) is 11.3. The number of hydrogen-bond acceptors (Lipinski definition) is 2. The van der Waals surface area contributed by atoms with E-state index in [2.05, 4.69) is 51.5 Å². The van der Waals surface area contributed by atoms with E-state index in [4.69, 9.17) is 10.7 Å². The number of rotatable bonds is 3. The topological polar surface area (TPSA) is 43.3 Å². The molecule has 0 saturated carbocycles. The second-order valence-electron chi connectivity index (χ2n) is 4.89. The van der Waals surface area contributed by atoms with Crippen LogP contribution in [0, 0.1) is 6.92 Å². The van der Waals surface area contributed by atoms with Crippen molar-refractivity contribution in [2.45, 2.75) is 13.3 Å². The van der Waals surface area contributed by atoms with E-state index in [1.54, 1.807) is 0 Å². The molecule has 3 rings (SSSR count). The smallest absolute Gasteiger partial charge is 0.137 e. The van der Waals surface area contributed by atoms with Crippen molar-refractivity contribution in [3.05, 3.63) is 58.3 Å². The molecule has 0 aliphatic heterocycles. The standard InChI is InChI=1S/C16H16BrN3/c1-11-2-4-12(5-3-11)16-14(8-9-18)20-10-13(17)6-7-15(20)19-16/h2-7,10H,8-9,18H2,1H3. The zero-order valence-corrected chi connectivity index (χ0v) is 12.9. The SMILES string of the molecule is Cc1ccc(-c2nc3ccc(Br)cn3c2CCN)cc1. The molecule has 0 bridgehead atoms. The van der Waals surface area contributed by atoms with Crippen molar-refractivity contribution < 1.29 is 0 Å². The number of halogens is 1. The number of fused-ring (bicyclic) bond motifs is 1. The molecule has 0 spiro atoms. The van der Waals surface area contributed by atoms with Crippen LogP contribution in [0.4, 0.5) is 0 Å². The lowest BCUT2D eigenvalue weighted by molar-refractivity contribution is 0.906. The van der Waals surface area contributed by atoms with Gasteiger partial charge in [0.25, 0.3) is 0 Å². The van der Waals surface area contributed by atoms with Crippen molar-refractivity contribution in [3.63, 3.8) is 0 Å². The maximum Gasteiger partial charge on any atom is 0.137 e. The van der Waals surface area contributed by atoms with Gasteiger partial charge in [0, 0.05) is 22.7 Å². The van der Waals surface area contributed by atoms with Crippen molar-refractivity contribution in [2.75, 3.05) is 6.54 Å². The molecule has 20 heavy (non-hydrogen) atoms. The predicted octanol–water partition coefficient (Wildman–Crippen LogP) is 3.57. The summed E-state index contributed by atoms with van der Waals surface area (Å²) in [5, 5.41) is 0. The third-order valence-corrected chi connectivity index (χ3v) is 3.86. The monoisotopic (exact) mass is 329 g/mol. The molecule has 2 aromatic heterocycles. The maximum atomic E-state index is 5.77. The number of nitrogens with two attached hydrogens (primary N) is 1. The van der Waals surface area contributed by atoms with Crippen LogP contribution in [0.2, 0.25) is 0 Å². The normalized spacial score (nSPS) is 11.2. The molecule has 0 saturated heterocycles. The van der Waals surface area contributed by atoms with Gasteiger partial charge in [-0.3, -0.25) is 0 Å². The van der Waals surface area contributed by atoms with Crippen molar-refractivity contribution in [2.24, 2.45) is 5.73 Å². The number of nitrogens with zero attached hydrogens (tertiary/aromatic N) is 2. The summed E-state index contributed by atoms with van der Waals surface area (Å²) >= 11 is 3.51. The first-order valence-corrected chi connectivity index (χ1v) is 7.42. The van der Waals surface area contributed by atoms with Crippen LogP contribution < -0.4 is 5.73 Å². The van der Waals surface area contributed by atoms with Crippen molar-refractivity contribution in [1.29, 1.82) is 0 Å². The molecule has 0 aliphatic rings. The minimum atomic E-state index is 0.610. The van der Waals surface area contributed by atoms with E-state index < -0.39 is 0 Å². The number of aromatic nitrogens is 2. The minimum absolute atomic E-state index is 0.610. The Labute approximate surface area is 126 Å². The van der Waals surface area contributed by atoms with Gasteiger partial charge < -0.3 is 10.1 Å². The van der Waals surface area contributed by atoms with Crippen LogP contribution in [0.15, 0.2) is 47.1 Å². The fraction of sp³-hybridized carbons (Fsp3) is 0.188. The Balaban J connectivity index is 2.23. The second kappa shape index (κ2) is 5.38. The van der Waals surface area contributed by atoms with E-state index in [1.807, 2.05) is 18.3 Å². The first-order valence-electron chi connectivity index (χ1n) is 6.62. The zero-order chi connectivity index (χ0) is 14.1. The molecule has 0 unspecified atom stereocenters. The molecule has 4 heteroatoms. The molecule has 102 valence electrons. The summed E-state index contributed by atoms with van der Waals surface area (Å²) in [5.41, 5.74) is 11.3. The van der Waals surface area contributed by atoms with E-state index in [9.17, 15) is 0 Å². The number of imidazole rings is 1. The maximum absolute atomic E-state index is 5.77. The molecule has 0 aliphatic carbocycles. The minimum Gasteiger partial charge on any atom is -0.330 e. The van der Waals surface area contributed by atoms with Crippen LogP contribution in [-0.2, 0) is 6.42 Å². The van der Waals surface area contributed by atoms with E-state index in [-0.39, 0.29) is 0 Å². The Hall–Kier alpha value is -1.65. The predicted molar refractivity (Wildman–Crippen MR) is 85.8 cm³/mol. The van der Waals surface area contributed by atoms with Gasteiger partial charge in [0.05, 0.1) is 11.4 Å². The number of pyridine rings is 1. The Bertz CT molecular complexity index is 744. The first-order chi connectivity index (χ1) is 9.69. The van der Waals surface area contributed by atoms with Gasteiger partial charge in [-0.2, -0.15) is 0 Å². The van der Waals surface area contributed by atoms with Gasteiger partial charge in [0.1, 0.15) is 5.65 Å². The van der Waals surface area contributed by atoms with Crippen LogP contribution in [0.25, 0.3) is 16.9 Å². The van der Waals surface area contributed by atoms with Gasteiger partial charge in [-0.05, 0) is 41.5 Å². The Morgan fingerprint density at radius 2 is 1.90 bits per heavy atom. The summed E-state index contributed by atoms with van der Waals surface area (Å²) in [6, 6.07) is 12.5. The van der Waals surface area contributed by atoms with Gasteiger partial charge in [0.15, 0.2) is 0 Å². The lowest BCUT2D eigenvalue weighted by atomic mass is 10.1. The summed E-state index contributed by atoms with van der Waals surface area (Å²) < 4.78 is 3.16. The quantitative estimate of drug-likeness (QED) is 0.798. The van der Waals surface area contributed by atoms with E-state index in [0.29, 0.717) is 6.54 Å². The highest BCUT2D eigenvalue weighted by atomic mass is 79.9. The molecule has 0 fully saturated rings. The Kier molecular flexibility index (Phi) is 3.59. The molecule has 2 N–H and O–H groups in total. The lowest BCUT2D eigenvalue weighted by Crippen LogP contribution is -2.06. The summed E-state index contributed by atoms with van der Waals surface area (Å²) in [4.78, 5) is 4.76. The molecule has 0 atom stereocenters. The van der Waals surface area contributed by atoms with Crippen LogP contribution in [0.3, 0.4) is 0 Å². The summed E-state index contributed by atoms with van der Waals surface area (Å²) in [7, 11) is 0. The lowest BCUT2D eigenvalue weighted by Gasteiger charge is -2.04. The largest absolute Gasteiger partial charge is 0.330 e. The van der Waals surface area contributed by atoms with Crippen molar-refractivity contribution in [1.82, 2.24) is 9.38 Å². The third kappa shape index (κ3) is 2.37.